The minimum absolute atomic E-state index is 0.0181. The van der Waals surface area contributed by atoms with Gasteiger partial charge in [0.15, 0.2) is 17.5 Å². The first-order valence-electron chi connectivity index (χ1n) is 23.4. The molecule has 0 amide bonds. The molecule has 0 radical (unpaired) electrons. The molecular weight excluding hydrogens is 937 g/mol. The fraction of sp³-hybridized carbons (Fsp3) is 0.640. The van der Waals surface area contributed by atoms with E-state index in [2.05, 4.69) is 20.7 Å². The molecule has 0 N–H and O–H groups in total. The van der Waals surface area contributed by atoms with Crippen molar-refractivity contribution in [2.75, 3.05) is 13.2 Å². The SMILES string of the molecule is Fc1cc(C2CCC(C3CCC(C4CCC4)CO3)CC2)cc(F)c1C(F)(F)Br.Fc1cc(OC(F)(F)c2c(F)cc(C3CCC(C4CCC(C5CCC5)CO4)CC3)cc2F)cc(F)c1F. The first kappa shape index (κ1) is 48.5. The lowest BCUT2D eigenvalue weighted by molar-refractivity contribution is -0.189. The van der Waals surface area contributed by atoms with E-state index in [1.165, 1.54) is 51.4 Å². The van der Waals surface area contributed by atoms with Gasteiger partial charge in [0.25, 0.3) is 0 Å². The Morgan fingerprint density at radius 2 is 0.800 bits per heavy atom. The normalized spacial score (nSPS) is 29.3. The Labute approximate surface area is 381 Å². The van der Waals surface area contributed by atoms with Gasteiger partial charge in [0, 0.05) is 12.1 Å². The monoisotopic (exact) mass is 992 g/mol. The van der Waals surface area contributed by atoms with Gasteiger partial charge in [-0.2, -0.15) is 17.6 Å². The summed E-state index contributed by atoms with van der Waals surface area (Å²) in [5.41, 5.74) is -2.11. The maximum atomic E-state index is 14.8. The van der Waals surface area contributed by atoms with Crippen LogP contribution in [0.3, 0.4) is 0 Å². The van der Waals surface area contributed by atoms with Crippen LogP contribution in [0.15, 0.2) is 36.4 Å². The topological polar surface area (TPSA) is 27.7 Å². The smallest absolute Gasteiger partial charge is 0.429 e. The van der Waals surface area contributed by atoms with Crippen molar-refractivity contribution in [2.24, 2.45) is 35.5 Å². The van der Waals surface area contributed by atoms with Crippen molar-refractivity contribution >= 4 is 15.9 Å². The van der Waals surface area contributed by atoms with Crippen LogP contribution in [0.4, 0.5) is 48.3 Å². The molecule has 2 aliphatic heterocycles. The molecule has 0 spiro atoms. The molecular formula is C50H56BrF11O3. The zero-order chi connectivity index (χ0) is 46.2. The van der Waals surface area contributed by atoms with Gasteiger partial charge >= 0.3 is 10.9 Å². The molecule has 3 aromatic carbocycles. The second kappa shape index (κ2) is 20.4. The van der Waals surface area contributed by atoms with Gasteiger partial charge in [0.05, 0.1) is 25.4 Å². The van der Waals surface area contributed by atoms with Gasteiger partial charge in [-0.15, -0.1) is 0 Å². The maximum Gasteiger partial charge on any atom is 0.432 e. The minimum Gasteiger partial charge on any atom is -0.429 e. The summed E-state index contributed by atoms with van der Waals surface area (Å²) in [4.78, 5) is -3.70. The number of benzene rings is 3. The summed E-state index contributed by atoms with van der Waals surface area (Å²) in [5.74, 6) is -8.15. The Kier molecular flexibility index (Phi) is 15.2. The van der Waals surface area contributed by atoms with E-state index in [0.29, 0.717) is 42.3 Å². The molecule has 65 heavy (non-hydrogen) atoms. The molecule has 6 aliphatic rings. The maximum absolute atomic E-state index is 14.8. The molecule has 4 unspecified atom stereocenters. The highest BCUT2D eigenvalue weighted by molar-refractivity contribution is 9.09. The average Bonchev–Trinajstić information content (AvgIpc) is 3.21. The van der Waals surface area contributed by atoms with Crippen molar-refractivity contribution in [3.63, 3.8) is 0 Å². The fourth-order valence-corrected chi connectivity index (χ4v) is 11.9. The van der Waals surface area contributed by atoms with Crippen LogP contribution >= 0.6 is 15.9 Å². The molecule has 358 valence electrons. The van der Waals surface area contributed by atoms with Gasteiger partial charge in [-0.25, -0.2) is 30.7 Å². The summed E-state index contributed by atoms with van der Waals surface area (Å²) in [6, 6.07) is 4.26. The molecule has 2 heterocycles. The molecule has 0 bridgehead atoms. The molecule has 0 aromatic heterocycles. The third-order valence-electron chi connectivity index (χ3n) is 15.8. The number of rotatable bonds is 10. The van der Waals surface area contributed by atoms with E-state index in [9.17, 15) is 48.3 Å². The summed E-state index contributed by atoms with van der Waals surface area (Å²) >= 11 is 2.05. The predicted molar refractivity (Wildman–Crippen MR) is 225 cm³/mol. The van der Waals surface area contributed by atoms with E-state index in [-0.39, 0.29) is 35.6 Å². The summed E-state index contributed by atoms with van der Waals surface area (Å²) < 4.78 is 170. The summed E-state index contributed by atoms with van der Waals surface area (Å²) in [6.07, 6.45) is 15.1. The van der Waals surface area contributed by atoms with Gasteiger partial charge in [-0.3, -0.25) is 0 Å². The van der Waals surface area contributed by atoms with Crippen LogP contribution < -0.4 is 4.74 Å². The molecule has 4 atom stereocenters. The molecule has 2 saturated heterocycles. The van der Waals surface area contributed by atoms with Crippen LogP contribution in [0.25, 0.3) is 0 Å². The van der Waals surface area contributed by atoms with Crippen molar-refractivity contribution in [3.8, 4) is 5.75 Å². The number of hydrogen-bond acceptors (Lipinski definition) is 3. The standard InChI is InChI=1S/C28H29F7O2.C22H27BrF4O/c29-21-10-19(11-22(30)26(21)28(34,35)37-20-12-23(31)27(33)24(32)13-20)16-4-6-17(7-5-16)25-9-8-18(14-36-25)15-2-1-3-15;23-22(26,27)21-18(24)10-17(11-19(21)25)14-4-6-15(7-5-14)20-9-8-16(12-28-20)13-2-1-3-13/h10-13,15-18,25H,1-9,14H2;10-11,13-16,20H,1-9,12H2. The van der Waals surface area contributed by atoms with Crippen molar-refractivity contribution in [1.29, 1.82) is 0 Å². The molecule has 4 saturated carbocycles. The Morgan fingerprint density at radius 1 is 0.431 bits per heavy atom. The van der Waals surface area contributed by atoms with Crippen LogP contribution in [0.5, 0.6) is 5.75 Å². The first-order valence-corrected chi connectivity index (χ1v) is 24.2. The Bertz CT molecular complexity index is 2020. The largest absolute Gasteiger partial charge is 0.432 e. The highest BCUT2D eigenvalue weighted by Crippen LogP contribution is 2.47. The van der Waals surface area contributed by atoms with Gasteiger partial charge in [0.2, 0.25) is 0 Å². The van der Waals surface area contributed by atoms with E-state index >= 15 is 0 Å². The summed E-state index contributed by atoms with van der Waals surface area (Å²) in [7, 11) is 0. The summed E-state index contributed by atoms with van der Waals surface area (Å²) in [5, 5.41) is 0. The number of ether oxygens (including phenoxy) is 3. The zero-order valence-corrected chi connectivity index (χ0v) is 37.7. The van der Waals surface area contributed by atoms with Gasteiger partial charge in [-0.05, 0) is 176 Å². The molecule has 6 fully saturated rings. The van der Waals surface area contributed by atoms with Gasteiger partial charge < -0.3 is 14.2 Å². The van der Waals surface area contributed by atoms with E-state index in [0.717, 1.165) is 107 Å². The second-order valence-corrected chi connectivity index (χ2v) is 20.6. The predicted octanol–water partition coefficient (Wildman–Crippen LogP) is 15.7. The third kappa shape index (κ3) is 11.2. The quantitative estimate of drug-likeness (QED) is 0.115. The Morgan fingerprint density at radius 3 is 1.12 bits per heavy atom. The molecule has 3 aromatic rings. The lowest BCUT2D eigenvalue weighted by atomic mass is 9.71. The van der Waals surface area contributed by atoms with Crippen molar-refractivity contribution in [2.45, 2.75) is 151 Å². The Balaban J connectivity index is 0.000000184. The van der Waals surface area contributed by atoms with Crippen LogP contribution in [0, 0.1) is 76.2 Å². The molecule has 3 nitrogen and oxygen atoms in total. The lowest BCUT2D eigenvalue weighted by Gasteiger charge is -2.42. The number of hydrogen-bond donors (Lipinski definition) is 0. The minimum atomic E-state index is -4.59. The van der Waals surface area contributed by atoms with Crippen molar-refractivity contribution in [1.82, 2.24) is 0 Å². The van der Waals surface area contributed by atoms with Crippen LogP contribution in [-0.2, 0) is 20.4 Å². The van der Waals surface area contributed by atoms with Crippen molar-refractivity contribution < 1.29 is 62.5 Å². The summed E-state index contributed by atoms with van der Waals surface area (Å²) in [6.45, 7) is 1.69. The van der Waals surface area contributed by atoms with Gasteiger partial charge in [0.1, 0.15) is 40.1 Å². The van der Waals surface area contributed by atoms with Crippen molar-refractivity contribution in [3.05, 3.63) is 99.4 Å². The van der Waals surface area contributed by atoms with Crippen LogP contribution in [-0.4, -0.2) is 25.4 Å². The number of alkyl halides is 5. The number of halogens is 12. The second-order valence-electron chi connectivity index (χ2n) is 19.6. The molecule has 9 rings (SSSR count). The first-order chi connectivity index (χ1) is 30.9. The van der Waals surface area contributed by atoms with E-state index < -0.39 is 68.5 Å². The highest BCUT2D eigenvalue weighted by atomic mass is 79.9. The zero-order valence-electron chi connectivity index (χ0n) is 36.1. The lowest BCUT2D eigenvalue weighted by Crippen LogP contribution is -2.37. The third-order valence-corrected chi connectivity index (χ3v) is 16.2. The van der Waals surface area contributed by atoms with Gasteiger partial charge in [-0.1, -0.05) is 38.5 Å². The Hall–Kier alpha value is -2.91. The molecule has 4 aliphatic carbocycles. The van der Waals surface area contributed by atoms with E-state index in [1.807, 2.05) is 0 Å². The van der Waals surface area contributed by atoms with Crippen LogP contribution in [0.2, 0.25) is 0 Å². The van der Waals surface area contributed by atoms with E-state index in [1.54, 1.807) is 0 Å². The van der Waals surface area contributed by atoms with Crippen LogP contribution in [0.1, 0.15) is 150 Å². The average molecular weight is 994 g/mol. The molecule has 15 heteroatoms. The fourth-order valence-electron chi connectivity index (χ4n) is 11.5. The van der Waals surface area contributed by atoms with E-state index in [4.69, 9.17) is 9.47 Å². The highest BCUT2D eigenvalue weighted by Gasteiger charge is 2.43.